The topological polar surface area (TPSA) is 16.1 Å². The molecule has 1 aliphatic carbocycles. The van der Waals surface area contributed by atoms with Crippen molar-refractivity contribution in [3.05, 3.63) is 22.8 Å². The smallest absolute Gasteiger partial charge is 0.354 e. The first kappa shape index (κ1) is 12.5. The molecule has 6 heteroatoms. The predicted molar refractivity (Wildman–Crippen MR) is 60.3 cm³/mol. The number of hydrogen-bond donors (Lipinski definition) is 0. The van der Waals surface area contributed by atoms with Crippen molar-refractivity contribution in [2.24, 2.45) is 0 Å². The van der Waals surface area contributed by atoms with Gasteiger partial charge in [0.05, 0.1) is 5.56 Å². The third-order valence-corrected chi connectivity index (χ3v) is 2.92. The number of nitrogens with zero attached hydrogens (tertiary/aromatic N) is 2. The lowest BCUT2D eigenvalue weighted by molar-refractivity contribution is -0.137. The quantitative estimate of drug-likeness (QED) is 0.773. The summed E-state index contributed by atoms with van der Waals surface area (Å²) in [5.41, 5.74) is -0.744. The van der Waals surface area contributed by atoms with Crippen molar-refractivity contribution < 1.29 is 13.2 Å². The monoisotopic (exact) mass is 264 g/mol. The molecule has 0 aromatic carbocycles. The van der Waals surface area contributed by atoms with Gasteiger partial charge < -0.3 is 4.90 Å². The second kappa shape index (κ2) is 4.37. The van der Waals surface area contributed by atoms with Crippen molar-refractivity contribution in [1.82, 2.24) is 4.98 Å². The van der Waals surface area contributed by atoms with Crippen LogP contribution in [0.2, 0.25) is 5.15 Å². The lowest BCUT2D eigenvalue weighted by atomic mass is 10.2. The lowest BCUT2D eigenvalue weighted by Crippen LogP contribution is -2.26. The van der Waals surface area contributed by atoms with Crippen molar-refractivity contribution >= 4 is 17.4 Å². The molecule has 0 spiro atoms. The summed E-state index contributed by atoms with van der Waals surface area (Å²) in [6.45, 7) is 2.53. The van der Waals surface area contributed by atoms with Gasteiger partial charge in [-0.2, -0.15) is 13.2 Å². The van der Waals surface area contributed by atoms with E-state index in [1.807, 2.05) is 11.8 Å². The molecule has 1 aromatic rings. The van der Waals surface area contributed by atoms with E-state index >= 15 is 0 Å². The number of alkyl halides is 3. The number of rotatable bonds is 3. The van der Waals surface area contributed by atoms with E-state index in [4.69, 9.17) is 11.6 Å². The van der Waals surface area contributed by atoms with Gasteiger partial charge >= 0.3 is 6.18 Å². The van der Waals surface area contributed by atoms with E-state index in [2.05, 4.69) is 4.98 Å². The van der Waals surface area contributed by atoms with Crippen LogP contribution in [-0.2, 0) is 6.18 Å². The predicted octanol–water partition coefficient (Wildman–Crippen LogP) is 3.74. The fourth-order valence-corrected chi connectivity index (χ4v) is 1.99. The van der Waals surface area contributed by atoms with Crippen LogP contribution in [0.15, 0.2) is 12.1 Å². The molecule has 0 saturated heterocycles. The molecule has 1 aliphatic rings. The first-order chi connectivity index (χ1) is 7.91. The van der Waals surface area contributed by atoms with Gasteiger partial charge in [0.25, 0.3) is 0 Å². The third kappa shape index (κ3) is 2.83. The highest BCUT2D eigenvalue weighted by molar-refractivity contribution is 6.29. The Bertz CT molecular complexity index is 416. The molecule has 17 heavy (non-hydrogen) atoms. The van der Waals surface area contributed by atoms with E-state index < -0.39 is 11.7 Å². The van der Waals surface area contributed by atoms with E-state index in [9.17, 15) is 13.2 Å². The summed E-state index contributed by atoms with van der Waals surface area (Å²) in [6, 6.07) is 2.23. The third-order valence-electron chi connectivity index (χ3n) is 2.73. The molecule has 2 rings (SSSR count). The normalized spacial score (nSPS) is 16.1. The zero-order valence-corrected chi connectivity index (χ0v) is 10.0. The molecule has 94 valence electrons. The summed E-state index contributed by atoms with van der Waals surface area (Å²) in [7, 11) is 0. The molecule has 0 radical (unpaired) electrons. The van der Waals surface area contributed by atoms with Crippen LogP contribution in [0.4, 0.5) is 19.0 Å². The number of hydrogen-bond acceptors (Lipinski definition) is 2. The fraction of sp³-hybridized carbons (Fsp3) is 0.545. The molecule has 0 N–H and O–H groups in total. The zero-order valence-electron chi connectivity index (χ0n) is 9.26. The fourth-order valence-electron chi connectivity index (χ4n) is 1.79. The highest BCUT2D eigenvalue weighted by Crippen LogP contribution is 2.36. The Balaban J connectivity index is 2.36. The van der Waals surface area contributed by atoms with Gasteiger partial charge in [-0.3, -0.25) is 0 Å². The molecular weight excluding hydrogens is 253 g/mol. The van der Waals surface area contributed by atoms with Crippen LogP contribution in [0.25, 0.3) is 0 Å². The molecule has 1 fully saturated rings. The Morgan fingerprint density at radius 1 is 1.41 bits per heavy atom. The molecule has 0 atom stereocenters. The number of anilines is 1. The molecule has 0 bridgehead atoms. The number of halogens is 4. The van der Waals surface area contributed by atoms with E-state index in [0.29, 0.717) is 18.4 Å². The van der Waals surface area contributed by atoms with Crippen molar-refractivity contribution in [3.8, 4) is 0 Å². The summed E-state index contributed by atoms with van der Waals surface area (Å²) in [4.78, 5) is 5.83. The van der Waals surface area contributed by atoms with Crippen LogP contribution in [0.1, 0.15) is 25.3 Å². The van der Waals surface area contributed by atoms with Gasteiger partial charge in [-0.05, 0) is 31.9 Å². The van der Waals surface area contributed by atoms with E-state index in [1.54, 1.807) is 0 Å². The Morgan fingerprint density at radius 3 is 2.53 bits per heavy atom. The maximum Gasteiger partial charge on any atom is 0.416 e. The van der Waals surface area contributed by atoms with Crippen LogP contribution in [-0.4, -0.2) is 17.6 Å². The molecule has 1 aromatic heterocycles. The minimum absolute atomic E-state index is 0.117. The summed E-state index contributed by atoms with van der Waals surface area (Å²) in [5.74, 6) is 0.315. The van der Waals surface area contributed by atoms with Crippen molar-refractivity contribution in [2.45, 2.75) is 32.0 Å². The molecule has 2 nitrogen and oxygen atoms in total. The van der Waals surface area contributed by atoms with Gasteiger partial charge in [0.1, 0.15) is 11.0 Å². The van der Waals surface area contributed by atoms with Gasteiger partial charge in [-0.1, -0.05) is 11.6 Å². The van der Waals surface area contributed by atoms with Gasteiger partial charge in [0.15, 0.2) is 0 Å². The molecule has 0 unspecified atom stereocenters. The molecular formula is C11H12ClF3N2. The maximum atomic E-state index is 12.6. The Morgan fingerprint density at radius 2 is 2.06 bits per heavy atom. The Labute approximate surface area is 102 Å². The van der Waals surface area contributed by atoms with E-state index in [1.165, 1.54) is 0 Å². The minimum atomic E-state index is -4.38. The van der Waals surface area contributed by atoms with Gasteiger partial charge in [0, 0.05) is 12.6 Å². The van der Waals surface area contributed by atoms with Crippen LogP contribution in [0.5, 0.6) is 0 Å². The highest BCUT2D eigenvalue weighted by Gasteiger charge is 2.34. The number of pyridine rings is 1. The van der Waals surface area contributed by atoms with Crippen molar-refractivity contribution in [3.63, 3.8) is 0 Å². The van der Waals surface area contributed by atoms with E-state index in [0.717, 1.165) is 25.0 Å². The second-order valence-electron chi connectivity index (χ2n) is 4.05. The van der Waals surface area contributed by atoms with E-state index in [-0.39, 0.29) is 5.15 Å². The largest absolute Gasteiger partial charge is 0.416 e. The Hall–Kier alpha value is -0.970. The first-order valence-corrected chi connectivity index (χ1v) is 5.81. The van der Waals surface area contributed by atoms with Gasteiger partial charge in [-0.15, -0.1) is 0 Å². The molecule has 1 heterocycles. The minimum Gasteiger partial charge on any atom is -0.354 e. The molecule has 0 aliphatic heterocycles. The summed E-state index contributed by atoms with van der Waals surface area (Å²) in [5, 5.41) is -0.117. The highest BCUT2D eigenvalue weighted by atomic mass is 35.5. The summed E-state index contributed by atoms with van der Waals surface area (Å²) < 4.78 is 37.9. The SMILES string of the molecule is CCN(c1cc(C(F)(F)F)cc(Cl)n1)C1CC1. The standard InChI is InChI=1S/C11H12ClF3N2/c1-2-17(8-3-4-8)10-6-7(11(13,14)15)5-9(12)16-10/h5-6,8H,2-4H2,1H3. The van der Waals surface area contributed by atoms with Crippen LogP contribution >= 0.6 is 11.6 Å². The average molecular weight is 265 g/mol. The van der Waals surface area contributed by atoms with Crippen LogP contribution < -0.4 is 4.90 Å². The summed E-state index contributed by atoms with van der Waals surface area (Å²) >= 11 is 5.64. The first-order valence-electron chi connectivity index (χ1n) is 5.43. The van der Waals surface area contributed by atoms with Crippen molar-refractivity contribution in [2.75, 3.05) is 11.4 Å². The zero-order chi connectivity index (χ0) is 12.6. The average Bonchev–Trinajstić information content (AvgIpc) is 3.01. The number of aromatic nitrogens is 1. The molecule has 0 amide bonds. The van der Waals surface area contributed by atoms with Crippen molar-refractivity contribution in [1.29, 1.82) is 0 Å². The van der Waals surface area contributed by atoms with Crippen LogP contribution in [0, 0.1) is 0 Å². The maximum absolute atomic E-state index is 12.6. The van der Waals surface area contributed by atoms with Gasteiger partial charge in [0.2, 0.25) is 0 Å². The second-order valence-corrected chi connectivity index (χ2v) is 4.44. The molecule has 1 saturated carbocycles. The Kier molecular flexibility index (Phi) is 3.21. The summed E-state index contributed by atoms with van der Waals surface area (Å²) in [6.07, 6.45) is -2.38. The lowest BCUT2D eigenvalue weighted by Gasteiger charge is -2.22. The van der Waals surface area contributed by atoms with Crippen LogP contribution in [0.3, 0.4) is 0 Å². The van der Waals surface area contributed by atoms with Gasteiger partial charge in [-0.25, -0.2) is 4.98 Å².